The van der Waals surface area contributed by atoms with Crippen LogP contribution in [0.3, 0.4) is 0 Å². The van der Waals surface area contributed by atoms with E-state index in [-0.39, 0.29) is 5.91 Å². The fourth-order valence-electron chi connectivity index (χ4n) is 1.95. The van der Waals surface area contributed by atoms with Crippen molar-refractivity contribution in [3.63, 3.8) is 0 Å². The largest absolute Gasteiger partial charge is 0.302 e. The average molecular weight is 280 g/mol. The van der Waals surface area contributed by atoms with Crippen molar-refractivity contribution in [2.45, 2.75) is 6.54 Å². The Kier molecular flexibility index (Phi) is 3.73. The van der Waals surface area contributed by atoms with Crippen LogP contribution in [0.2, 0.25) is 0 Å². The van der Waals surface area contributed by atoms with Crippen molar-refractivity contribution < 1.29 is 14.0 Å². The van der Waals surface area contributed by atoms with E-state index in [0.29, 0.717) is 18.0 Å². The zero-order valence-electron chi connectivity index (χ0n) is 11.3. The molecule has 0 aliphatic heterocycles. The van der Waals surface area contributed by atoms with Gasteiger partial charge in [0, 0.05) is 11.1 Å². The predicted molar refractivity (Wildman–Crippen MR) is 76.6 cm³/mol. The van der Waals surface area contributed by atoms with E-state index in [9.17, 15) is 4.79 Å². The van der Waals surface area contributed by atoms with E-state index < -0.39 is 0 Å². The molecule has 0 spiro atoms. The molecule has 3 aromatic rings. The van der Waals surface area contributed by atoms with Crippen LogP contribution in [-0.4, -0.2) is 11.2 Å². The smallest absolute Gasteiger partial charge is 0.285 e. The van der Waals surface area contributed by atoms with Crippen molar-refractivity contribution in [1.82, 2.24) is 5.27 Å². The second-order valence-corrected chi connectivity index (χ2v) is 4.57. The summed E-state index contributed by atoms with van der Waals surface area (Å²) < 4.78 is 6.74. The number of aromatic nitrogens is 2. The Hall–Kier alpha value is -2.95. The van der Waals surface area contributed by atoms with Crippen LogP contribution >= 0.6 is 0 Å². The lowest BCUT2D eigenvalue weighted by Gasteiger charge is -1.98. The summed E-state index contributed by atoms with van der Waals surface area (Å²) in [5, 5.41) is 6.56. The quantitative estimate of drug-likeness (QED) is 0.746. The molecular formula is C16H14N3O2+. The molecule has 0 atom stereocenters. The topological polar surface area (TPSA) is 59.0 Å². The van der Waals surface area contributed by atoms with Gasteiger partial charge < -0.3 is 0 Å². The summed E-state index contributed by atoms with van der Waals surface area (Å²) in [4.78, 5) is 12.0. The van der Waals surface area contributed by atoms with Crippen LogP contribution in [0.4, 0.5) is 5.88 Å². The normalized spacial score (nSPS) is 10.3. The number of nitrogens with one attached hydrogen (secondary N) is 1. The fourth-order valence-corrected chi connectivity index (χ4v) is 1.95. The summed E-state index contributed by atoms with van der Waals surface area (Å²) in [6.45, 7) is 0.589. The minimum Gasteiger partial charge on any atom is -0.285 e. The first-order valence-corrected chi connectivity index (χ1v) is 6.58. The first-order valence-electron chi connectivity index (χ1n) is 6.58. The maximum Gasteiger partial charge on any atom is 0.302 e. The zero-order chi connectivity index (χ0) is 14.5. The maximum absolute atomic E-state index is 12.0. The molecule has 0 fully saturated rings. The monoisotopic (exact) mass is 280 g/mol. The van der Waals surface area contributed by atoms with Gasteiger partial charge in [0.1, 0.15) is 0 Å². The highest BCUT2D eigenvalue weighted by Gasteiger charge is 2.15. The van der Waals surface area contributed by atoms with Crippen LogP contribution in [0.1, 0.15) is 15.9 Å². The number of hydrogen-bond acceptors (Lipinski definition) is 3. The number of rotatable bonds is 4. The van der Waals surface area contributed by atoms with E-state index in [2.05, 4.69) is 10.6 Å². The third-order valence-electron chi connectivity index (χ3n) is 2.97. The first-order chi connectivity index (χ1) is 10.3. The van der Waals surface area contributed by atoms with Crippen molar-refractivity contribution in [3.8, 4) is 0 Å². The van der Waals surface area contributed by atoms with Crippen molar-refractivity contribution in [2.24, 2.45) is 0 Å². The zero-order valence-corrected chi connectivity index (χ0v) is 11.3. The Morgan fingerprint density at radius 2 is 1.71 bits per heavy atom. The predicted octanol–water partition coefficient (Wildman–Crippen LogP) is 2.26. The molecule has 5 nitrogen and oxygen atoms in total. The van der Waals surface area contributed by atoms with Crippen LogP contribution in [-0.2, 0) is 6.54 Å². The van der Waals surface area contributed by atoms with E-state index in [1.54, 1.807) is 23.0 Å². The Balaban J connectivity index is 1.67. The number of hydrogen-bond donors (Lipinski definition) is 1. The lowest BCUT2D eigenvalue weighted by atomic mass is 10.2. The first kappa shape index (κ1) is 13.1. The van der Waals surface area contributed by atoms with Gasteiger partial charge in [0.05, 0.1) is 0 Å². The Bertz CT molecular complexity index is 724. The van der Waals surface area contributed by atoms with Gasteiger partial charge in [-0.05, 0) is 16.8 Å². The van der Waals surface area contributed by atoms with Gasteiger partial charge in [-0.1, -0.05) is 48.5 Å². The summed E-state index contributed by atoms with van der Waals surface area (Å²) >= 11 is 0. The van der Waals surface area contributed by atoms with Crippen molar-refractivity contribution in [1.29, 1.82) is 0 Å². The van der Waals surface area contributed by atoms with Gasteiger partial charge in [0.25, 0.3) is 12.1 Å². The minimum absolute atomic E-state index is 0.224. The molecular weight excluding hydrogens is 266 g/mol. The second kappa shape index (κ2) is 6.00. The van der Waals surface area contributed by atoms with Crippen LogP contribution < -0.4 is 10.00 Å². The molecule has 0 saturated heterocycles. The Morgan fingerprint density at radius 1 is 1.05 bits per heavy atom. The summed E-state index contributed by atoms with van der Waals surface area (Å²) in [6.07, 6.45) is 1.66. The molecule has 0 bridgehead atoms. The lowest BCUT2D eigenvalue weighted by Crippen LogP contribution is -2.35. The standard InChI is InChI=1S/C16H13N3O2/c20-16(14-9-5-2-6-10-14)17-15-12-19(18-21-15)11-13-7-3-1-4-8-13/h1-10,12H,11H2/p+1. The van der Waals surface area contributed by atoms with Crippen LogP contribution in [0.25, 0.3) is 0 Å². The van der Waals surface area contributed by atoms with Crippen LogP contribution in [0, 0.1) is 0 Å². The molecule has 0 saturated carbocycles. The number of nitrogens with zero attached hydrogens (tertiary/aromatic N) is 2. The molecule has 1 amide bonds. The number of benzene rings is 2. The molecule has 2 aromatic carbocycles. The highest BCUT2D eigenvalue weighted by molar-refractivity contribution is 6.03. The fraction of sp³-hybridized carbons (Fsp3) is 0.0625. The highest BCUT2D eigenvalue weighted by Crippen LogP contribution is 2.06. The summed E-state index contributed by atoms with van der Waals surface area (Å²) in [7, 11) is 0. The van der Waals surface area contributed by atoms with Gasteiger partial charge in [0.15, 0.2) is 0 Å². The molecule has 1 N–H and O–H groups in total. The third kappa shape index (κ3) is 3.33. The van der Waals surface area contributed by atoms with E-state index in [4.69, 9.17) is 4.52 Å². The molecule has 5 heteroatoms. The van der Waals surface area contributed by atoms with Crippen molar-refractivity contribution >= 4 is 11.8 Å². The number of carbonyl (C=O) groups excluding carboxylic acids is 1. The minimum atomic E-state index is -0.224. The van der Waals surface area contributed by atoms with Crippen LogP contribution in [0.5, 0.6) is 0 Å². The third-order valence-corrected chi connectivity index (χ3v) is 2.97. The lowest BCUT2D eigenvalue weighted by molar-refractivity contribution is -0.754. The molecule has 0 aliphatic rings. The molecule has 104 valence electrons. The van der Waals surface area contributed by atoms with Crippen LogP contribution in [0.15, 0.2) is 71.4 Å². The van der Waals surface area contributed by atoms with Gasteiger partial charge in [-0.15, -0.1) is 0 Å². The van der Waals surface area contributed by atoms with Gasteiger partial charge >= 0.3 is 5.88 Å². The molecule has 21 heavy (non-hydrogen) atoms. The summed E-state index contributed by atoms with van der Waals surface area (Å²) in [6, 6.07) is 18.9. The molecule has 0 aliphatic carbocycles. The van der Waals surface area contributed by atoms with Crippen molar-refractivity contribution in [2.75, 3.05) is 5.32 Å². The summed E-state index contributed by atoms with van der Waals surface area (Å²) in [5.41, 5.74) is 1.68. The second-order valence-electron chi connectivity index (χ2n) is 4.57. The SMILES string of the molecule is O=C(Nc1c[n+](Cc2ccccc2)no1)c1ccccc1. The number of amides is 1. The van der Waals surface area contributed by atoms with E-state index in [1.165, 1.54) is 0 Å². The van der Waals surface area contributed by atoms with E-state index in [1.807, 2.05) is 48.5 Å². The molecule has 1 aromatic heterocycles. The van der Waals surface area contributed by atoms with E-state index in [0.717, 1.165) is 5.56 Å². The number of carbonyl (C=O) groups is 1. The van der Waals surface area contributed by atoms with Gasteiger partial charge in [0.2, 0.25) is 11.8 Å². The molecule has 3 rings (SSSR count). The number of anilines is 1. The Labute approximate surface area is 121 Å². The van der Waals surface area contributed by atoms with Gasteiger partial charge in [-0.25, -0.2) is 0 Å². The molecule has 0 unspecified atom stereocenters. The summed E-state index contributed by atoms with van der Waals surface area (Å²) in [5.74, 6) is 0.0957. The maximum atomic E-state index is 12.0. The van der Waals surface area contributed by atoms with Gasteiger partial charge in [-0.3, -0.25) is 14.6 Å². The Morgan fingerprint density at radius 3 is 2.43 bits per heavy atom. The highest BCUT2D eigenvalue weighted by atomic mass is 16.5. The van der Waals surface area contributed by atoms with E-state index >= 15 is 0 Å². The molecule has 0 radical (unpaired) electrons. The van der Waals surface area contributed by atoms with Crippen molar-refractivity contribution in [3.05, 3.63) is 78.0 Å². The van der Waals surface area contributed by atoms with Gasteiger partial charge in [-0.2, -0.15) is 0 Å². The molecule has 1 heterocycles. The average Bonchev–Trinajstić information content (AvgIpc) is 2.96.